The summed E-state index contributed by atoms with van der Waals surface area (Å²) in [6, 6.07) is 5.47. The summed E-state index contributed by atoms with van der Waals surface area (Å²) < 4.78 is 16.5. The number of ether oxygens (including phenoxy) is 3. The van der Waals surface area contributed by atoms with Gasteiger partial charge in [-0.2, -0.15) is 0 Å². The number of hydrogen-bond acceptors (Lipinski definition) is 6. The van der Waals surface area contributed by atoms with Crippen LogP contribution in [0.1, 0.15) is 31.9 Å². The van der Waals surface area contributed by atoms with Crippen LogP contribution in [0.15, 0.2) is 18.2 Å². The highest BCUT2D eigenvalue weighted by Gasteiger charge is 2.45. The Balaban J connectivity index is 1.88. The van der Waals surface area contributed by atoms with Gasteiger partial charge in [0.2, 0.25) is 0 Å². The predicted molar refractivity (Wildman–Crippen MR) is 83.3 cm³/mol. The number of nitrogens with one attached hydrogen (secondary N) is 1. The molecule has 0 aromatic heterocycles. The highest BCUT2D eigenvalue weighted by molar-refractivity contribution is 6.33. The number of para-hydroxylation sites is 1. The minimum atomic E-state index is -0.549. The van der Waals surface area contributed by atoms with Crippen molar-refractivity contribution in [3.05, 3.63) is 28.8 Å². The molecule has 3 rings (SSSR count). The zero-order valence-corrected chi connectivity index (χ0v) is 13.6. The molecule has 2 bridgehead atoms. The van der Waals surface area contributed by atoms with Gasteiger partial charge in [-0.1, -0.05) is 23.7 Å². The van der Waals surface area contributed by atoms with Crippen LogP contribution in [0.5, 0.6) is 0 Å². The van der Waals surface area contributed by atoms with Crippen molar-refractivity contribution in [1.82, 2.24) is 0 Å². The lowest BCUT2D eigenvalue weighted by Crippen LogP contribution is -2.55. The minimum Gasteiger partial charge on any atom is -0.463 e. The molecule has 0 amide bonds. The molecule has 1 aromatic carbocycles. The molecule has 23 heavy (non-hydrogen) atoms. The second-order valence-electron chi connectivity index (χ2n) is 5.73. The number of halogens is 1. The van der Waals surface area contributed by atoms with Gasteiger partial charge in [0.05, 0.1) is 22.9 Å². The lowest BCUT2D eigenvalue weighted by atomic mass is 9.87. The van der Waals surface area contributed by atoms with Crippen LogP contribution in [-0.4, -0.2) is 36.8 Å². The highest BCUT2D eigenvalue weighted by atomic mass is 35.5. The summed E-state index contributed by atoms with van der Waals surface area (Å²) in [5.41, 5.74) is 1.77. The third-order valence-electron chi connectivity index (χ3n) is 4.05. The van der Waals surface area contributed by atoms with Crippen LogP contribution in [0, 0.1) is 0 Å². The molecule has 2 aliphatic rings. The molecule has 0 radical (unpaired) electrons. The van der Waals surface area contributed by atoms with Crippen molar-refractivity contribution >= 4 is 29.2 Å². The van der Waals surface area contributed by atoms with E-state index in [-0.39, 0.29) is 18.8 Å². The van der Waals surface area contributed by atoms with E-state index in [9.17, 15) is 9.59 Å². The zero-order valence-electron chi connectivity index (χ0n) is 12.9. The van der Waals surface area contributed by atoms with Crippen molar-refractivity contribution < 1.29 is 23.8 Å². The van der Waals surface area contributed by atoms with Gasteiger partial charge in [-0.05, 0) is 6.07 Å². The Labute approximate surface area is 139 Å². The summed E-state index contributed by atoms with van der Waals surface area (Å²) in [7, 11) is 0. The van der Waals surface area contributed by atoms with Crippen LogP contribution in [-0.2, 0) is 23.8 Å². The summed E-state index contributed by atoms with van der Waals surface area (Å²) >= 11 is 6.25. The Kier molecular flexibility index (Phi) is 4.46. The van der Waals surface area contributed by atoms with Crippen LogP contribution in [0.2, 0.25) is 5.02 Å². The SMILES string of the molecule is CC(=O)OC[C@H]1O[C@@H]2C[C@@H](Nc3c(Cl)cccc32)[C@@H]1OC(C)=O. The number of esters is 2. The molecule has 1 N–H and O–H groups in total. The van der Waals surface area contributed by atoms with Gasteiger partial charge in [0, 0.05) is 25.8 Å². The average Bonchev–Trinajstić information content (AvgIpc) is 2.49. The maximum Gasteiger partial charge on any atom is 0.303 e. The number of rotatable bonds is 3. The first-order chi connectivity index (χ1) is 11.0. The number of carbonyl (C=O) groups excluding carboxylic acids is 2. The van der Waals surface area contributed by atoms with E-state index in [1.54, 1.807) is 6.07 Å². The summed E-state index contributed by atoms with van der Waals surface area (Å²) in [5, 5.41) is 3.94. The van der Waals surface area contributed by atoms with Gasteiger partial charge in [0.1, 0.15) is 12.7 Å². The van der Waals surface area contributed by atoms with Crippen LogP contribution < -0.4 is 5.32 Å². The molecule has 1 saturated heterocycles. The van der Waals surface area contributed by atoms with Gasteiger partial charge in [-0.3, -0.25) is 9.59 Å². The summed E-state index contributed by atoms with van der Waals surface area (Å²) in [4.78, 5) is 22.5. The Morgan fingerprint density at radius 1 is 1.35 bits per heavy atom. The molecular formula is C16H18ClNO5. The largest absolute Gasteiger partial charge is 0.463 e. The van der Waals surface area contributed by atoms with Gasteiger partial charge in [-0.15, -0.1) is 0 Å². The zero-order chi connectivity index (χ0) is 16.6. The summed E-state index contributed by atoms with van der Waals surface area (Å²) in [6.07, 6.45) is -0.594. The van der Waals surface area contributed by atoms with E-state index in [0.29, 0.717) is 11.4 Å². The lowest BCUT2D eigenvalue weighted by molar-refractivity contribution is -0.185. The Morgan fingerprint density at radius 2 is 2.13 bits per heavy atom. The molecule has 0 aliphatic carbocycles. The van der Waals surface area contributed by atoms with Crippen molar-refractivity contribution in [2.24, 2.45) is 0 Å². The third-order valence-corrected chi connectivity index (χ3v) is 4.36. The first-order valence-electron chi connectivity index (χ1n) is 7.46. The van der Waals surface area contributed by atoms with Crippen LogP contribution in [0.25, 0.3) is 0 Å². The Bertz CT molecular complexity index is 635. The molecule has 0 saturated carbocycles. The molecule has 2 heterocycles. The maximum absolute atomic E-state index is 11.4. The molecule has 4 atom stereocenters. The number of carbonyl (C=O) groups is 2. The van der Waals surface area contributed by atoms with Gasteiger partial charge in [-0.25, -0.2) is 0 Å². The van der Waals surface area contributed by atoms with E-state index in [2.05, 4.69) is 5.32 Å². The number of anilines is 1. The second-order valence-corrected chi connectivity index (χ2v) is 6.14. The van der Waals surface area contributed by atoms with Gasteiger partial charge in [0.15, 0.2) is 6.10 Å². The first kappa shape index (κ1) is 16.1. The van der Waals surface area contributed by atoms with Crippen LogP contribution in [0.4, 0.5) is 5.69 Å². The lowest BCUT2D eigenvalue weighted by Gasteiger charge is -2.45. The van der Waals surface area contributed by atoms with E-state index >= 15 is 0 Å². The van der Waals surface area contributed by atoms with Crippen molar-refractivity contribution in [1.29, 1.82) is 0 Å². The predicted octanol–water partition coefficient (Wildman–Crippen LogP) is 2.46. The molecule has 0 spiro atoms. The van der Waals surface area contributed by atoms with E-state index in [4.69, 9.17) is 25.8 Å². The fourth-order valence-corrected chi connectivity index (χ4v) is 3.38. The molecule has 6 nitrogen and oxygen atoms in total. The summed E-state index contributed by atoms with van der Waals surface area (Å²) in [6.45, 7) is 2.72. The fourth-order valence-electron chi connectivity index (χ4n) is 3.14. The van der Waals surface area contributed by atoms with E-state index in [1.807, 2.05) is 12.1 Å². The topological polar surface area (TPSA) is 73.9 Å². The molecule has 124 valence electrons. The number of fused-ring (bicyclic) bond motifs is 4. The van der Waals surface area contributed by atoms with Crippen molar-refractivity contribution in [2.75, 3.05) is 11.9 Å². The average molecular weight is 340 g/mol. The van der Waals surface area contributed by atoms with Crippen molar-refractivity contribution in [3.63, 3.8) is 0 Å². The Morgan fingerprint density at radius 3 is 2.83 bits per heavy atom. The molecule has 0 unspecified atom stereocenters. The smallest absolute Gasteiger partial charge is 0.303 e. The molecule has 7 heteroatoms. The first-order valence-corrected chi connectivity index (χ1v) is 7.84. The Hall–Kier alpha value is -1.79. The van der Waals surface area contributed by atoms with Gasteiger partial charge >= 0.3 is 11.9 Å². The standard InChI is InChI=1S/C16H18ClNO5/c1-8(19)21-7-14-16(22-9(2)20)12-6-13(23-14)10-4-3-5-11(17)15(10)18-12/h3-5,12-14,16,18H,6-7H2,1-2H3/t12-,13-,14-,16+/m1/s1. The molecular weight excluding hydrogens is 322 g/mol. The van der Waals surface area contributed by atoms with E-state index in [1.165, 1.54) is 13.8 Å². The van der Waals surface area contributed by atoms with Crippen LogP contribution in [0.3, 0.4) is 0 Å². The molecule has 1 aromatic rings. The number of hydrogen-bond donors (Lipinski definition) is 1. The molecule has 2 aliphatic heterocycles. The van der Waals surface area contributed by atoms with E-state index < -0.39 is 24.1 Å². The van der Waals surface area contributed by atoms with Gasteiger partial charge in [0.25, 0.3) is 0 Å². The highest BCUT2D eigenvalue weighted by Crippen LogP contribution is 2.44. The quantitative estimate of drug-likeness (QED) is 0.853. The van der Waals surface area contributed by atoms with Crippen molar-refractivity contribution in [2.45, 2.75) is 44.6 Å². The van der Waals surface area contributed by atoms with E-state index in [0.717, 1.165) is 11.3 Å². The van der Waals surface area contributed by atoms with Crippen molar-refractivity contribution in [3.8, 4) is 0 Å². The molecule has 1 fully saturated rings. The summed E-state index contributed by atoms with van der Waals surface area (Å²) in [5.74, 6) is -0.807. The normalized spacial score (nSPS) is 28.3. The number of benzene rings is 1. The van der Waals surface area contributed by atoms with Gasteiger partial charge < -0.3 is 19.5 Å². The minimum absolute atomic E-state index is 0.0395. The third kappa shape index (κ3) is 3.28. The fraction of sp³-hybridized carbons (Fsp3) is 0.500. The maximum atomic E-state index is 11.4. The second kappa shape index (κ2) is 6.37. The monoisotopic (exact) mass is 339 g/mol. The van der Waals surface area contributed by atoms with Crippen LogP contribution >= 0.6 is 11.6 Å².